The van der Waals surface area contributed by atoms with E-state index in [0.717, 1.165) is 44.1 Å². The molecule has 3 rings (SSSR count). The number of rotatable bonds is 15. The average molecular weight is 543 g/mol. The van der Waals surface area contributed by atoms with Crippen LogP contribution in [-0.4, -0.2) is 47.4 Å². The minimum Gasteiger partial charge on any atom is -0.507 e. The predicted octanol–water partition coefficient (Wildman–Crippen LogP) is 6.50. The monoisotopic (exact) mass is 542 g/mol. The molecule has 0 fully saturated rings. The number of hydrogen-bond acceptors (Lipinski definition) is 8. The highest BCUT2D eigenvalue weighted by Crippen LogP contribution is 2.35. The van der Waals surface area contributed by atoms with Crippen molar-refractivity contribution in [2.75, 3.05) is 13.2 Å². The fourth-order valence-corrected chi connectivity index (χ4v) is 4.60. The fraction of sp³-hybridized carbons (Fsp3) is 0.500. The molecule has 0 saturated carbocycles. The molecule has 0 spiro atoms. The summed E-state index contributed by atoms with van der Waals surface area (Å²) in [6.45, 7) is 5.90. The number of fused-ring (bicyclic) bond motifs is 1. The molecule has 1 heterocycles. The summed E-state index contributed by atoms with van der Waals surface area (Å²) in [6.07, 6.45) is 4.70. The zero-order valence-electron chi connectivity index (χ0n) is 22.9. The molecule has 39 heavy (non-hydrogen) atoms. The van der Waals surface area contributed by atoms with Gasteiger partial charge in [-0.05, 0) is 63.3 Å². The van der Waals surface area contributed by atoms with Gasteiger partial charge in [0.15, 0.2) is 11.6 Å². The van der Waals surface area contributed by atoms with Gasteiger partial charge in [-0.15, -0.1) is 0 Å². The number of unbranched alkanes of at least 4 members (excludes halogenated alkanes) is 4. The molecular weight excluding hydrogens is 504 g/mol. The van der Waals surface area contributed by atoms with Crippen molar-refractivity contribution in [2.45, 2.75) is 84.8 Å². The van der Waals surface area contributed by atoms with Crippen LogP contribution >= 0.6 is 0 Å². The highest BCUT2D eigenvalue weighted by atomic mass is 16.8. The number of Topliss-reactive ketones (excluding diaryl/α,β-unsaturated/α-hetero) is 2. The SMILES string of the molecule is CCCc1c(OCCCCCCCOc2cc3c(cc2C(C)=O)CCC(OC(=O)O)O3)ccc(C(C)=O)c1O. The summed E-state index contributed by atoms with van der Waals surface area (Å²) in [6, 6.07) is 6.78. The summed E-state index contributed by atoms with van der Waals surface area (Å²) >= 11 is 0. The van der Waals surface area contributed by atoms with E-state index in [-0.39, 0.29) is 17.3 Å². The molecule has 9 nitrogen and oxygen atoms in total. The van der Waals surface area contributed by atoms with E-state index in [2.05, 4.69) is 0 Å². The van der Waals surface area contributed by atoms with E-state index in [1.807, 2.05) is 6.92 Å². The Bertz CT molecular complexity index is 1170. The topological polar surface area (TPSA) is 129 Å². The molecule has 212 valence electrons. The maximum atomic E-state index is 12.2. The minimum absolute atomic E-state index is 0.0219. The van der Waals surface area contributed by atoms with Gasteiger partial charge in [-0.3, -0.25) is 9.59 Å². The number of phenolic OH excluding ortho intramolecular Hbond substituents is 1. The smallest absolute Gasteiger partial charge is 0.507 e. The van der Waals surface area contributed by atoms with E-state index in [1.54, 1.807) is 24.3 Å². The molecule has 2 aromatic carbocycles. The number of phenols is 1. The molecule has 0 aliphatic carbocycles. The van der Waals surface area contributed by atoms with Crippen LogP contribution in [0.2, 0.25) is 0 Å². The Morgan fingerprint density at radius 2 is 1.56 bits per heavy atom. The lowest BCUT2D eigenvalue weighted by Gasteiger charge is -2.26. The summed E-state index contributed by atoms with van der Waals surface area (Å²) in [5.41, 5.74) is 2.32. The molecule has 1 aliphatic rings. The first kappa shape index (κ1) is 29.8. The number of carboxylic acid groups (broad SMARTS) is 1. The van der Waals surface area contributed by atoms with Crippen molar-refractivity contribution in [2.24, 2.45) is 0 Å². The van der Waals surface area contributed by atoms with Crippen LogP contribution in [0.4, 0.5) is 4.79 Å². The molecule has 1 unspecified atom stereocenters. The Labute approximate surface area is 229 Å². The van der Waals surface area contributed by atoms with Gasteiger partial charge in [0.25, 0.3) is 0 Å². The third kappa shape index (κ3) is 8.37. The van der Waals surface area contributed by atoms with Crippen LogP contribution in [0.15, 0.2) is 24.3 Å². The van der Waals surface area contributed by atoms with Gasteiger partial charge in [-0.25, -0.2) is 4.79 Å². The third-order valence-electron chi connectivity index (χ3n) is 6.60. The van der Waals surface area contributed by atoms with Gasteiger partial charge in [0, 0.05) is 18.1 Å². The zero-order valence-corrected chi connectivity index (χ0v) is 22.9. The van der Waals surface area contributed by atoms with Crippen molar-refractivity contribution < 1.29 is 43.5 Å². The second kappa shape index (κ2) is 14.4. The number of carbonyl (C=O) groups is 3. The fourth-order valence-electron chi connectivity index (χ4n) is 4.60. The highest BCUT2D eigenvalue weighted by Gasteiger charge is 2.25. The number of aryl methyl sites for hydroxylation is 1. The summed E-state index contributed by atoms with van der Waals surface area (Å²) in [5, 5.41) is 19.3. The van der Waals surface area contributed by atoms with Crippen molar-refractivity contribution in [3.05, 3.63) is 46.5 Å². The van der Waals surface area contributed by atoms with E-state index in [0.29, 0.717) is 66.4 Å². The van der Waals surface area contributed by atoms with Crippen molar-refractivity contribution in [1.82, 2.24) is 0 Å². The first-order valence-corrected chi connectivity index (χ1v) is 13.6. The molecule has 1 atom stereocenters. The molecule has 0 radical (unpaired) electrons. The van der Waals surface area contributed by atoms with E-state index in [1.165, 1.54) is 13.8 Å². The van der Waals surface area contributed by atoms with E-state index in [9.17, 15) is 19.5 Å². The summed E-state index contributed by atoms with van der Waals surface area (Å²) in [5.74, 6) is 1.27. The van der Waals surface area contributed by atoms with Crippen molar-refractivity contribution in [3.8, 4) is 23.0 Å². The van der Waals surface area contributed by atoms with Crippen molar-refractivity contribution in [3.63, 3.8) is 0 Å². The first-order valence-electron chi connectivity index (χ1n) is 13.6. The maximum absolute atomic E-state index is 12.2. The van der Waals surface area contributed by atoms with Crippen LogP contribution in [0.5, 0.6) is 23.0 Å². The van der Waals surface area contributed by atoms with Crippen molar-refractivity contribution in [1.29, 1.82) is 0 Å². The molecule has 0 aromatic heterocycles. The molecule has 1 aliphatic heterocycles. The number of ketones is 2. The molecule has 9 heteroatoms. The number of aromatic hydroxyl groups is 1. The standard InChI is InChI=1S/C30H38O9/c1-4-10-23-25(13-12-22(19(2)31)29(23)33)36-15-8-6-5-7-9-16-37-27-18-26-21(17-24(27)20(3)32)11-14-28(38-26)39-30(34)35/h12-13,17-18,28,33H,4-11,14-16H2,1-3H3,(H,34,35). The molecule has 0 saturated heterocycles. The average Bonchev–Trinajstić information content (AvgIpc) is 2.88. The predicted molar refractivity (Wildman–Crippen MR) is 144 cm³/mol. The quantitative estimate of drug-likeness (QED) is 0.147. The Morgan fingerprint density at radius 1 is 0.923 bits per heavy atom. The lowest BCUT2D eigenvalue weighted by Crippen LogP contribution is -2.28. The van der Waals surface area contributed by atoms with E-state index >= 15 is 0 Å². The number of benzene rings is 2. The van der Waals surface area contributed by atoms with Crippen LogP contribution < -0.4 is 14.2 Å². The normalized spacial score (nSPS) is 14.2. The van der Waals surface area contributed by atoms with Gasteiger partial charge in [0.05, 0.1) is 24.3 Å². The van der Waals surface area contributed by atoms with Crippen molar-refractivity contribution >= 4 is 17.7 Å². The largest absolute Gasteiger partial charge is 0.508 e. The van der Waals surface area contributed by atoms with Gasteiger partial charge in [0.1, 0.15) is 23.0 Å². The Hall–Kier alpha value is -3.75. The molecule has 2 aromatic rings. The number of ether oxygens (including phenoxy) is 4. The van der Waals surface area contributed by atoms with Gasteiger partial charge in [-0.2, -0.15) is 0 Å². The highest BCUT2D eigenvalue weighted by molar-refractivity contribution is 5.98. The van der Waals surface area contributed by atoms with Gasteiger partial charge in [0.2, 0.25) is 6.29 Å². The summed E-state index contributed by atoms with van der Waals surface area (Å²) < 4.78 is 22.2. The number of carbonyl (C=O) groups excluding carboxylic acids is 2. The minimum atomic E-state index is -1.39. The van der Waals surface area contributed by atoms with Gasteiger partial charge in [-0.1, -0.05) is 32.6 Å². The van der Waals surface area contributed by atoms with Crippen LogP contribution in [0.25, 0.3) is 0 Å². The van der Waals surface area contributed by atoms with Crippen LogP contribution in [0.3, 0.4) is 0 Å². The van der Waals surface area contributed by atoms with E-state index < -0.39 is 12.4 Å². The van der Waals surface area contributed by atoms with Gasteiger partial charge >= 0.3 is 6.16 Å². The first-order chi connectivity index (χ1) is 18.7. The van der Waals surface area contributed by atoms with Crippen LogP contribution in [0.1, 0.15) is 97.6 Å². The van der Waals surface area contributed by atoms with Gasteiger partial charge < -0.3 is 29.2 Å². The zero-order chi connectivity index (χ0) is 28.4. The Balaban J connectivity index is 1.41. The summed E-state index contributed by atoms with van der Waals surface area (Å²) in [4.78, 5) is 34.7. The maximum Gasteiger partial charge on any atom is 0.508 e. The number of hydrogen-bond donors (Lipinski definition) is 2. The third-order valence-corrected chi connectivity index (χ3v) is 6.60. The Morgan fingerprint density at radius 3 is 2.18 bits per heavy atom. The van der Waals surface area contributed by atoms with E-state index in [4.69, 9.17) is 24.1 Å². The molecule has 0 amide bonds. The second-order valence-electron chi connectivity index (χ2n) is 9.69. The van der Waals surface area contributed by atoms with Crippen LogP contribution in [0, 0.1) is 0 Å². The second-order valence-corrected chi connectivity index (χ2v) is 9.69. The molecule has 0 bridgehead atoms. The van der Waals surface area contributed by atoms with Crippen LogP contribution in [-0.2, 0) is 17.6 Å². The summed E-state index contributed by atoms with van der Waals surface area (Å²) in [7, 11) is 0. The Kier molecular flexibility index (Phi) is 11.0. The molecular formula is C30H38O9. The lowest BCUT2D eigenvalue weighted by molar-refractivity contribution is -0.0635. The molecule has 2 N–H and O–H groups in total. The lowest BCUT2D eigenvalue weighted by atomic mass is 10.00.